The molecule has 3 heterocycles. The maximum atomic E-state index is 12.7. The molecule has 2 N–H and O–H groups in total. The van der Waals surface area contributed by atoms with E-state index in [1.165, 1.54) is 29.6 Å². The zero-order valence-corrected chi connectivity index (χ0v) is 18.6. The molecule has 4 aromatic rings. The molecule has 1 aliphatic carbocycles. The third-order valence-corrected chi connectivity index (χ3v) is 7.17. The van der Waals surface area contributed by atoms with Crippen molar-refractivity contribution in [2.75, 3.05) is 18.9 Å². The van der Waals surface area contributed by atoms with E-state index >= 15 is 0 Å². The monoisotopic (exact) mass is 474 g/mol. The Morgan fingerprint density at radius 3 is 3.00 bits per heavy atom. The van der Waals surface area contributed by atoms with Gasteiger partial charge in [0.25, 0.3) is 0 Å². The van der Waals surface area contributed by atoms with Gasteiger partial charge in [-0.25, -0.2) is 9.97 Å². The third-order valence-electron chi connectivity index (χ3n) is 6.00. The number of nitrogens with zero attached hydrogens (tertiary/aromatic N) is 4. The summed E-state index contributed by atoms with van der Waals surface area (Å²) in [5.74, 6) is 0.143. The number of fused-ring (bicyclic) bond motifs is 4. The van der Waals surface area contributed by atoms with Gasteiger partial charge in [-0.1, -0.05) is 0 Å². The second-order valence-corrected chi connectivity index (χ2v) is 9.35. The van der Waals surface area contributed by atoms with E-state index in [9.17, 15) is 18.0 Å². The van der Waals surface area contributed by atoms with E-state index in [1.807, 2.05) is 18.2 Å². The highest BCUT2D eigenvalue weighted by atomic mass is 32.1. The fourth-order valence-electron chi connectivity index (χ4n) is 4.29. The highest BCUT2D eigenvalue weighted by Crippen LogP contribution is 2.41. The lowest BCUT2D eigenvalue weighted by molar-refractivity contribution is -0.146. The zero-order valence-electron chi connectivity index (χ0n) is 17.7. The molecule has 5 rings (SSSR count). The topological polar surface area (TPSA) is 86.8 Å². The Bertz CT molecular complexity index is 1330. The quantitative estimate of drug-likeness (QED) is 0.433. The number of alkyl halides is 3. The molecule has 1 atom stereocenters. The lowest BCUT2D eigenvalue weighted by Crippen LogP contribution is -2.37. The molecule has 0 saturated heterocycles. The number of anilines is 2. The number of H-pyrrole nitrogens is 1. The highest BCUT2D eigenvalue weighted by Gasteiger charge is 2.33. The van der Waals surface area contributed by atoms with Gasteiger partial charge in [-0.2, -0.15) is 18.3 Å². The summed E-state index contributed by atoms with van der Waals surface area (Å²) in [6, 6.07) is 5.87. The van der Waals surface area contributed by atoms with Gasteiger partial charge in [-0.05, 0) is 43.0 Å². The van der Waals surface area contributed by atoms with Gasteiger partial charge >= 0.3 is 6.18 Å². The molecule has 0 spiro atoms. The van der Waals surface area contributed by atoms with Crippen LogP contribution in [0.25, 0.3) is 21.1 Å². The van der Waals surface area contributed by atoms with Crippen LogP contribution in [0.4, 0.5) is 24.7 Å². The van der Waals surface area contributed by atoms with Crippen molar-refractivity contribution in [3.63, 3.8) is 0 Å². The van der Waals surface area contributed by atoms with Gasteiger partial charge in [0.05, 0.1) is 23.5 Å². The first-order valence-corrected chi connectivity index (χ1v) is 11.4. The molecule has 172 valence electrons. The lowest BCUT2D eigenvalue weighted by Gasteiger charge is -2.27. The van der Waals surface area contributed by atoms with Gasteiger partial charge < -0.3 is 10.2 Å². The average molecular weight is 475 g/mol. The first-order valence-electron chi connectivity index (χ1n) is 10.6. The lowest BCUT2D eigenvalue weighted by atomic mass is 9.87. The van der Waals surface area contributed by atoms with Gasteiger partial charge in [0.1, 0.15) is 17.0 Å². The third kappa shape index (κ3) is 4.37. The first-order chi connectivity index (χ1) is 15.8. The van der Waals surface area contributed by atoms with Crippen LogP contribution in [0.1, 0.15) is 23.3 Å². The summed E-state index contributed by atoms with van der Waals surface area (Å²) in [4.78, 5) is 24.7. The van der Waals surface area contributed by atoms with Crippen molar-refractivity contribution in [1.29, 1.82) is 0 Å². The number of carbonyl (C=O) groups is 1. The fraction of sp³-hybridized carbons (Fsp3) is 0.364. The number of nitrogens with one attached hydrogen (secondary N) is 2. The summed E-state index contributed by atoms with van der Waals surface area (Å²) in [7, 11) is 1.44. The van der Waals surface area contributed by atoms with Gasteiger partial charge in [-0.15, -0.1) is 11.3 Å². The maximum absolute atomic E-state index is 12.7. The Labute approximate surface area is 191 Å². The van der Waals surface area contributed by atoms with E-state index in [-0.39, 0.29) is 18.4 Å². The van der Waals surface area contributed by atoms with Crippen molar-refractivity contribution in [3.05, 3.63) is 41.2 Å². The number of carbonyl (C=O) groups excluding carboxylic acids is 1. The molecular weight excluding hydrogens is 453 g/mol. The predicted octanol–water partition coefficient (Wildman–Crippen LogP) is 4.83. The Morgan fingerprint density at radius 1 is 1.33 bits per heavy atom. The minimum Gasteiger partial charge on any atom is -0.345 e. The number of hydrogen-bond acceptors (Lipinski definition) is 6. The molecule has 0 aliphatic heterocycles. The normalized spacial score (nSPS) is 16.2. The number of aryl methyl sites for hydroxylation is 1. The average Bonchev–Trinajstić information content (AvgIpc) is 3.40. The molecule has 3 aromatic heterocycles. The Kier molecular flexibility index (Phi) is 5.43. The van der Waals surface area contributed by atoms with E-state index in [4.69, 9.17) is 0 Å². The minimum atomic E-state index is -4.27. The number of thiophene rings is 1. The molecule has 33 heavy (non-hydrogen) atoms. The predicted molar refractivity (Wildman–Crippen MR) is 121 cm³/mol. The number of aromatic amines is 1. The van der Waals surface area contributed by atoms with Gasteiger partial charge in [0.15, 0.2) is 0 Å². The van der Waals surface area contributed by atoms with Gasteiger partial charge in [0.2, 0.25) is 5.91 Å². The van der Waals surface area contributed by atoms with Crippen LogP contribution < -0.4 is 5.32 Å². The minimum absolute atomic E-state index is 0.236. The van der Waals surface area contributed by atoms with E-state index in [0.29, 0.717) is 25.1 Å². The molecule has 11 heteroatoms. The van der Waals surface area contributed by atoms with Crippen molar-refractivity contribution < 1.29 is 18.0 Å². The summed E-state index contributed by atoms with van der Waals surface area (Å²) in [6.07, 6.45) is -0.256. The van der Waals surface area contributed by atoms with E-state index < -0.39 is 12.6 Å². The van der Waals surface area contributed by atoms with Crippen molar-refractivity contribution in [2.45, 2.75) is 31.9 Å². The fourth-order valence-corrected chi connectivity index (χ4v) is 5.56. The SMILES string of the molecule is CN(CCC(F)(F)F)C(=O)[C@H]1CCc2c(sc3ncnc(Nc4ccc5[nH]ncc5c4)c23)C1. The van der Waals surface area contributed by atoms with Crippen molar-refractivity contribution in [1.82, 2.24) is 25.1 Å². The standard InChI is InChI=1S/C22H21F3N6OS/c1-31(7-6-22(23,24)25)21(32)12-2-4-15-17(9-12)33-20-18(15)19(26-11-27-20)29-14-3-5-16-13(8-14)10-28-30-16/h3,5,8,10-12H,2,4,6-7,9H2,1H3,(H,28,30)(H,26,27,29)/t12-/m0/s1. The number of benzene rings is 1. The van der Waals surface area contributed by atoms with Crippen LogP contribution in [0, 0.1) is 5.92 Å². The maximum Gasteiger partial charge on any atom is 0.390 e. The second-order valence-electron chi connectivity index (χ2n) is 8.27. The zero-order chi connectivity index (χ0) is 23.2. The van der Waals surface area contributed by atoms with Crippen LogP contribution in [0.5, 0.6) is 0 Å². The van der Waals surface area contributed by atoms with Crippen LogP contribution >= 0.6 is 11.3 Å². The molecule has 1 amide bonds. The van der Waals surface area contributed by atoms with Crippen LogP contribution in [0.2, 0.25) is 0 Å². The van der Waals surface area contributed by atoms with Crippen LogP contribution in [0.3, 0.4) is 0 Å². The number of rotatable bonds is 5. The largest absolute Gasteiger partial charge is 0.390 e. The van der Waals surface area contributed by atoms with E-state index in [2.05, 4.69) is 25.5 Å². The smallest absolute Gasteiger partial charge is 0.345 e. The second kappa shape index (κ2) is 8.29. The Morgan fingerprint density at radius 2 is 2.18 bits per heavy atom. The van der Waals surface area contributed by atoms with Gasteiger partial charge in [0, 0.05) is 35.5 Å². The van der Waals surface area contributed by atoms with E-state index in [0.717, 1.165) is 37.2 Å². The molecule has 7 nitrogen and oxygen atoms in total. The molecule has 0 unspecified atom stereocenters. The molecule has 0 bridgehead atoms. The molecular formula is C22H21F3N6OS. The van der Waals surface area contributed by atoms with Crippen molar-refractivity contribution >= 4 is 49.9 Å². The summed E-state index contributed by atoms with van der Waals surface area (Å²) in [5, 5.41) is 12.3. The van der Waals surface area contributed by atoms with Gasteiger partial charge in [-0.3, -0.25) is 9.89 Å². The summed E-state index contributed by atoms with van der Waals surface area (Å²) in [5.41, 5.74) is 2.93. The van der Waals surface area contributed by atoms with Crippen LogP contribution in [-0.4, -0.2) is 50.7 Å². The number of hydrogen-bond donors (Lipinski definition) is 2. The first kappa shape index (κ1) is 21.6. The molecule has 1 aliphatic rings. The van der Waals surface area contributed by atoms with Crippen LogP contribution in [-0.2, 0) is 17.6 Å². The van der Waals surface area contributed by atoms with Crippen molar-refractivity contribution in [3.8, 4) is 0 Å². The number of aromatic nitrogens is 4. The Balaban J connectivity index is 1.37. The summed E-state index contributed by atoms with van der Waals surface area (Å²) < 4.78 is 37.6. The molecule has 0 radical (unpaired) electrons. The molecule has 0 saturated carbocycles. The number of halogens is 3. The summed E-state index contributed by atoms with van der Waals surface area (Å²) >= 11 is 1.52. The highest BCUT2D eigenvalue weighted by molar-refractivity contribution is 7.19. The Hall–Kier alpha value is -3.21. The molecule has 1 aromatic carbocycles. The van der Waals surface area contributed by atoms with Crippen molar-refractivity contribution in [2.24, 2.45) is 5.92 Å². The molecule has 0 fully saturated rings. The summed E-state index contributed by atoms with van der Waals surface area (Å²) in [6.45, 7) is -0.321. The van der Waals surface area contributed by atoms with E-state index in [1.54, 1.807) is 6.20 Å². The number of amides is 1. The van der Waals surface area contributed by atoms with Crippen LogP contribution in [0.15, 0.2) is 30.7 Å².